The highest BCUT2D eigenvalue weighted by molar-refractivity contribution is 7.17. The van der Waals surface area contributed by atoms with E-state index >= 15 is 0 Å². The Hall–Kier alpha value is -2.61. The third-order valence-electron chi connectivity index (χ3n) is 4.44. The van der Waals surface area contributed by atoms with Gasteiger partial charge in [0.05, 0.1) is 19.3 Å². The van der Waals surface area contributed by atoms with E-state index in [0.717, 1.165) is 33.3 Å². The number of hydrogen-bond donors (Lipinski definition) is 1. The molecule has 1 aliphatic heterocycles. The van der Waals surface area contributed by atoms with Crippen molar-refractivity contribution in [1.29, 1.82) is 0 Å². The molecular formula is C19H23N5O2S. The number of benzene rings is 1. The van der Waals surface area contributed by atoms with E-state index in [1.54, 1.807) is 18.4 Å². The first kappa shape index (κ1) is 17.8. The fraction of sp³-hybridized carbons (Fsp3) is 0.421. The number of fused-ring (bicyclic) bond motifs is 3. The fourth-order valence-corrected chi connectivity index (χ4v) is 4.24. The molecule has 0 radical (unpaired) electrons. The second-order valence-electron chi connectivity index (χ2n) is 7.68. The Morgan fingerprint density at radius 1 is 1.26 bits per heavy atom. The molecule has 0 aliphatic carbocycles. The maximum absolute atomic E-state index is 12.4. The van der Waals surface area contributed by atoms with E-state index in [1.165, 1.54) is 0 Å². The summed E-state index contributed by atoms with van der Waals surface area (Å²) in [4.78, 5) is 21.0. The van der Waals surface area contributed by atoms with Crippen LogP contribution in [0.15, 0.2) is 24.3 Å². The molecule has 0 spiro atoms. The molecule has 27 heavy (non-hydrogen) atoms. The van der Waals surface area contributed by atoms with Gasteiger partial charge in [-0.15, -0.1) is 5.10 Å². The lowest BCUT2D eigenvalue weighted by Gasteiger charge is -2.30. The van der Waals surface area contributed by atoms with Crippen molar-refractivity contribution in [2.75, 3.05) is 13.7 Å². The van der Waals surface area contributed by atoms with E-state index < -0.39 is 0 Å². The molecule has 0 atom stereocenters. The highest BCUT2D eigenvalue weighted by Gasteiger charge is 2.27. The fourth-order valence-electron chi connectivity index (χ4n) is 3.12. The van der Waals surface area contributed by atoms with Crippen LogP contribution in [0.25, 0.3) is 16.3 Å². The number of aromatic nitrogens is 3. The van der Waals surface area contributed by atoms with Gasteiger partial charge in [-0.05, 0) is 45.0 Å². The van der Waals surface area contributed by atoms with Crippen molar-refractivity contribution < 1.29 is 9.53 Å². The minimum Gasteiger partial charge on any atom is -0.497 e. The summed E-state index contributed by atoms with van der Waals surface area (Å²) in [6.45, 7) is 7.25. The van der Waals surface area contributed by atoms with Crippen molar-refractivity contribution >= 4 is 22.3 Å². The van der Waals surface area contributed by atoms with Crippen LogP contribution < -0.4 is 10.1 Å². The van der Waals surface area contributed by atoms with Gasteiger partial charge in [0.2, 0.25) is 4.96 Å². The van der Waals surface area contributed by atoms with Crippen LogP contribution in [-0.4, -0.2) is 44.7 Å². The number of amides is 2. The number of nitrogens with one attached hydrogen (secondary N) is 1. The molecule has 0 unspecified atom stereocenters. The Balaban J connectivity index is 1.57. The van der Waals surface area contributed by atoms with Crippen LogP contribution in [-0.2, 0) is 13.0 Å². The Morgan fingerprint density at radius 2 is 2.00 bits per heavy atom. The number of nitrogens with zero attached hydrogens (tertiary/aromatic N) is 4. The molecule has 0 fully saturated rings. The summed E-state index contributed by atoms with van der Waals surface area (Å²) in [5.74, 6) is 1.52. The minimum atomic E-state index is -0.240. The molecule has 0 saturated heterocycles. The molecule has 8 heteroatoms. The summed E-state index contributed by atoms with van der Waals surface area (Å²) in [5.41, 5.74) is 1.88. The topological polar surface area (TPSA) is 71.8 Å². The number of methoxy groups -OCH3 is 1. The largest absolute Gasteiger partial charge is 0.497 e. The van der Waals surface area contributed by atoms with Crippen LogP contribution in [0.2, 0.25) is 0 Å². The van der Waals surface area contributed by atoms with Gasteiger partial charge >= 0.3 is 6.03 Å². The smallest absolute Gasteiger partial charge is 0.318 e. The van der Waals surface area contributed by atoms with Gasteiger partial charge in [-0.25, -0.2) is 9.31 Å². The van der Waals surface area contributed by atoms with E-state index in [9.17, 15) is 4.79 Å². The zero-order valence-electron chi connectivity index (χ0n) is 15.9. The van der Waals surface area contributed by atoms with Crippen molar-refractivity contribution in [2.24, 2.45) is 0 Å². The Kier molecular flexibility index (Phi) is 4.30. The van der Waals surface area contributed by atoms with Gasteiger partial charge in [0.15, 0.2) is 5.82 Å². The Bertz CT molecular complexity index is 984. The monoisotopic (exact) mass is 385 g/mol. The molecule has 3 heterocycles. The van der Waals surface area contributed by atoms with Crippen LogP contribution in [0.3, 0.4) is 0 Å². The quantitative estimate of drug-likeness (QED) is 0.734. The summed E-state index contributed by atoms with van der Waals surface area (Å²) >= 11 is 1.61. The van der Waals surface area contributed by atoms with Crippen LogP contribution in [0.5, 0.6) is 5.75 Å². The lowest BCUT2D eigenvalue weighted by molar-refractivity contribution is 0.183. The number of urea groups is 1. The zero-order valence-corrected chi connectivity index (χ0v) is 16.8. The highest BCUT2D eigenvalue weighted by Crippen LogP contribution is 2.30. The summed E-state index contributed by atoms with van der Waals surface area (Å²) < 4.78 is 7.13. The normalized spacial score (nSPS) is 14.3. The van der Waals surface area contributed by atoms with Crippen molar-refractivity contribution in [1.82, 2.24) is 24.8 Å². The van der Waals surface area contributed by atoms with Crippen LogP contribution in [0.4, 0.5) is 4.79 Å². The standard InChI is InChI=1S/C19H23N5O2S/c1-19(2,3)21-17(25)23-10-9-14-15(11-23)27-18-20-16(22-24(14)18)12-5-7-13(26-4)8-6-12/h5-8H,9-11H2,1-4H3,(H,21,25). The average Bonchev–Trinajstić information content (AvgIpc) is 3.17. The molecule has 2 amide bonds. The van der Waals surface area contributed by atoms with Gasteiger partial charge < -0.3 is 15.0 Å². The number of rotatable bonds is 2. The maximum Gasteiger partial charge on any atom is 0.318 e. The first-order valence-corrected chi connectivity index (χ1v) is 9.74. The molecule has 0 bridgehead atoms. The molecule has 1 aromatic carbocycles. The molecule has 4 rings (SSSR count). The first-order valence-electron chi connectivity index (χ1n) is 8.93. The lowest BCUT2D eigenvalue weighted by atomic mass is 10.1. The van der Waals surface area contributed by atoms with Crippen molar-refractivity contribution in [2.45, 2.75) is 39.3 Å². The molecule has 1 N–H and O–H groups in total. The predicted molar refractivity (Wildman–Crippen MR) is 105 cm³/mol. The van der Waals surface area contributed by atoms with Crippen LogP contribution in [0.1, 0.15) is 31.3 Å². The van der Waals surface area contributed by atoms with E-state index in [1.807, 2.05) is 54.5 Å². The van der Waals surface area contributed by atoms with Crippen molar-refractivity contribution in [3.63, 3.8) is 0 Å². The van der Waals surface area contributed by atoms with Gasteiger partial charge in [-0.2, -0.15) is 4.98 Å². The van der Waals surface area contributed by atoms with Crippen molar-refractivity contribution in [3.05, 3.63) is 34.8 Å². The van der Waals surface area contributed by atoms with Gasteiger partial charge in [0.25, 0.3) is 0 Å². The highest BCUT2D eigenvalue weighted by atomic mass is 32.1. The van der Waals surface area contributed by atoms with Gasteiger partial charge in [-0.1, -0.05) is 11.3 Å². The summed E-state index contributed by atoms with van der Waals surface area (Å²) in [6, 6.07) is 7.72. The van der Waals surface area contributed by atoms with E-state index in [4.69, 9.17) is 9.84 Å². The first-order chi connectivity index (χ1) is 12.8. The SMILES string of the molecule is COc1ccc(-c2nc3sc4c(n3n2)CCN(C(=O)NC(C)(C)C)C4)cc1. The maximum atomic E-state index is 12.4. The zero-order chi connectivity index (χ0) is 19.2. The number of carbonyl (C=O) groups excluding carboxylic acids is 1. The lowest BCUT2D eigenvalue weighted by Crippen LogP contribution is -2.49. The molecule has 2 aromatic heterocycles. The number of ether oxygens (including phenoxy) is 1. The molecule has 142 valence electrons. The third-order valence-corrected chi connectivity index (χ3v) is 5.50. The number of hydrogen-bond acceptors (Lipinski definition) is 5. The Labute approximate surface area is 162 Å². The van der Waals surface area contributed by atoms with E-state index in [2.05, 4.69) is 10.3 Å². The predicted octanol–water partition coefficient (Wildman–Crippen LogP) is 3.33. The average molecular weight is 385 g/mol. The molecule has 1 aliphatic rings. The summed E-state index contributed by atoms with van der Waals surface area (Å²) in [5, 5.41) is 7.73. The molecule has 3 aromatic rings. The number of carbonyl (C=O) groups is 1. The number of thiazole rings is 1. The molecular weight excluding hydrogens is 362 g/mol. The second kappa shape index (κ2) is 6.53. The summed E-state index contributed by atoms with van der Waals surface area (Å²) in [6.07, 6.45) is 0.776. The minimum absolute atomic E-state index is 0.0222. The van der Waals surface area contributed by atoms with Gasteiger partial charge in [0, 0.05) is 28.9 Å². The Morgan fingerprint density at radius 3 is 2.67 bits per heavy atom. The van der Waals surface area contributed by atoms with E-state index in [0.29, 0.717) is 18.9 Å². The van der Waals surface area contributed by atoms with Crippen LogP contribution >= 0.6 is 11.3 Å². The van der Waals surface area contributed by atoms with Gasteiger partial charge in [0.1, 0.15) is 5.75 Å². The molecule has 0 saturated carbocycles. The summed E-state index contributed by atoms with van der Waals surface area (Å²) in [7, 11) is 1.65. The third kappa shape index (κ3) is 3.49. The molecule has 7 nitrogen and oxygen atoms in total. The van der Waals surface area contributed by atoms with E-state index in [-0.39, 0.29) is 11.6 Å². The van der Waals surface area contributed by atoms with Crippen molar-refractivity contribution in [3.8, 4) is 17.1 Å². The van der Waals surface area contributed by atoms with Gasteiger partial charge in [-0.3, -0.25) is 0 Å². The van der Waals surface area contributed by atoms with Crippen LogP contribution in [0, 0.1) is 0 Å². The second-order valence-corrected chi connectivity index (χ2v) is 8.74.